The molecule has 1 aromatic heterocycles. The van der Waals surface area contributed by atoms with Crippen LogP contribution in [0.15, 0.2) is 40.8 Å². The van der Waals surface area contributed by atoms with E-state index in [-0.39, 0.29) is 0 Å². The summed E-state index contributed by atoms with van der Waals surface area (Å²) in [5.41, 5.74) is 10.2. The van der Waals surface area contributed by atoms with Crippen molar-refractivity contribution in [3.05, 3.63) is 47.0 Å². The van der Waals surface area contributed by atoms with E-state index in [2.05, 4.69) is 31.0 Å². The fraction of sp³-hybridized carbons (Fsp3) is 0.278. The van der Waals surface area contributed by atoms with E-state index in [0.29, 0.717) is 22.5 Å². The van der Waals surface area contributed by atoms with Gasteiger partial charge in [0.05, 0.1) is 10.7 Å². The largest absolute Gasteiger partial charge is 0.436 e. The maximum Gasteiger partial charge on any atom is 0.227 e. The van der Waals surface area contributed by atoms with Crippen LogP contribution in [0.5, 0.6) is 0 Å². The molecule has 114 valence electrons. The number of rotatable bonds is 4. The lowest BCUT2D eigenvalue weighted by Crippen LogP contribution is -1.92. The molecule has 3 nitrogen and oxygen atoms in total. The first kappa shape index (κ1) is 14.9. The zero-order chi connectivity index (χ0) is 15.7. The molecule has 2 aromatic carbocycles. The third-order valence-corrected chi connectivity index (χ3v) is 4.29. The normalized spacial score (nSPS) is 12.7. The standard InChI is InChI=1S/C18H19ClN2O/c1-3-4-11(2)12-6-8-17-16(10-12)21-18(22-17)13-5-7-14(19)15(20)9-13/h5-11H,3-4,20H2,1-2H3/t11-/m0/s1. The molecule has 0 radical (unpaired) electrons. The number of nitrogen functional groups attached to an aromatic ring is 1. The van der Waals surface area contributed by atoms with E-state index < -0.39 is 0 Å². The lowest BCUT2D eigenvalue weighted by molar-refractivity contribution is 0.619. The summed E-state index contributed by atoms with van der Waals surface area (Å²) in [6, 6.07) is 11.6. The molecule has 0 bridgehead atoms. The Morgan fingerprint density at radius 1 is 1.23 bits per heavy atom. The summed E-state index contributed by atoms with van der Waals surface area (Å²) in [4.78, 5) is 4.59. The van der Waals surface area contributed by atoms with Crippen LogP contribution in [0.4, 0.5) is 5.69 Å². The molecule has 1 heterocycles. The number of anilines is 1. The Morgan fingerprint density at radius 2 is 2.05 bits per heavy atom. The smallest absolute Gasteiger partial charge is 0.227 e. The molecule has 0 aliphatic rings. The van der Waals surface area contributed by atoms with Gasteiger partial charge in [0.25, 0.3) is 0 Å². The number of hydrogen-bond donors (Lipinski definition) is 1. The van der Waals surface area contributed by atoms with Gasteiger partial charge in [0, 0.05) is 5.56 Å². The molecule has 0 amide bonds. The Labute approximate surface area is 135 Å². The van der Waals surface area contributed by atoms with Crippen LogP contribution in [-0.4, -0.2) is 4.98 Å². The van der Waals surface area contributed by atoms with Gasteiger partial charge in [0.1, 0.15) is 5.52 Å². The number of nitrogens with zero attached hydrogens (tertiary/aromatic N) is 1. The van der Waals surface area contributed by atoms with Crippen molar-refractivity contribution < 1.29 is 4.42 Å². The molecule has 3 rings (SSSR count). The highest BCUT2D eigenvalue weighted by atomic mass is 35.5. The molecule has 3 aromatic rings. The van der Waals surface area contributed by atoms with Crippen molar-refractivity contribution in [2.24, 2.45) is 0 Å². The predicted molar refractivity (Wildman–Crippen MR) is 92.2 cm³/mol. The molecule has 0 spiro atoms. The molecule has 0 fully saturated rings. The zero-order valence-electron chi connectivity index (χ0n) is 12.8. The number of aromatic nitrogens is 1. The van der Waals surface area contributed by atoms with Gasteiger partial charge in [-0.25, -0.2) is 4.98 Å². The predicted octanol–water partition coefficient (Wildman–Crippen LogP) is 5.63. The molecule has 0 aliphatic carbocycles. The average Bonchev–Trinajstić information content (AvgIpc) is 2.93. The van der Waals surface area contributed by atoms with Crippen LogP contribution in [0, 0.1) is 0 Å². The SMILES string of the molecule is CCC[C@H](C)c1ccc2oc(-c3ccc(Cl)c(N)c3)nc2c1. The van der Waals surface area contributed by atoms with Gasteiger partial charge < -0.3 is 10.2 Å². The van der Waals surface area contributed by atoms with E-state index in [1.807, 2.05) is 12.1 Å². The van der Waals surface area contributed by atoms with E-state index in [1.165, 1.54) is 18.4 Å². The summed E-state index contributed by atoms with van der Waals surface area (Å²) < 4.78 is 5.83. The summed E-state index contributed by atoms with van der Waals surface area (Å²) in [6.07, 6.45) is 2.34. The van der Waals surface area contributed by atoms with Crippen LogP contribution in [0.3, 0.4) is 0 Å². The second-order valence-corrected chi connectivity index (χ2v) is 6.08. The molecule has 4 heteroatoms. The van der Waals surface area contributed by atoms with Gasteiger partial charge >= 0.3 is 0 Å². The second-order valence-electron chi connectivity index (χ2n) is 5.67. The zero-order valence-corrected chi connectivity index (χ0v) is 13.5. The number of oxazole rings is 1. The molecule has 0 saturated carbocycles. The van der Waals surface area contributed by atoms with Gasteiger partial charge in [-0.05, 0) is 48.2 Å². The van der Waals surface area contributed by atoms with E-state index in [4.69, 9.17) is 21.8 Å². The molecule has 0 unspecified atom stereocenters. The summed E-state index contributed by atoms with van der Waals surface area (Å²) in [7, 11) is 0. The van der Waals surface area contributed by atoms with Crippen molar-refractivity contribution in [2.45, 2.75) is 32.6 Å². The van der Waals surface area contributed by atoms with Crippen LogP contribution in [0.25, 0.3) is 22.6 Å². The van der Waals surface area contributed by atoms with Gasteiger partial charge in [-0.15, -0.1) is 0 Å². The van der Waals surface area contributed by atoms with Crippen LogP contribution in [0.1, 0.15) is 38.2 Å². The molecule has 22 heavy (non-hydrogen) atoms. The van der Waals surface area contributed by atoms with E-state index in [1.54, 1.807) is 12.1 Å². The fourth-order valence-corrected chi connectivity index (χ4v) is 2.77. The molecular weight excluding hydrogens is 296 g/mol. The van der Waals surface area contributed by atoms with Gasteiger partial charge in [0.2, 0.25) is 5.89 Å². The molecule has 0 saturated heterocycles. The fourth-order valence-electron chi connectivity index (χ4n) is 2.65. The third kappa shape index (κ3) is 2.81. The quantitative estimate of drug-likeness (QED) is 0.634. The number of halogens is 1. The Morgan fingerprint density at radius 3 is 2.77 bits per heavy atom. The molecular formula is C18H19ClN2O. The highest BCUT2D eigenvalue weighted by Gasteiger charge is 2.12. The molecule has 0 aliphatic heterocycles. The summed E-state index contributed by atoms with van der Waals surface area (Å²) >= 11 is 5.96. The van der Waals surface area contributed by atoms with Crippen molar-refractivity contribution in [2.75, 3.05) is 5.73 Å². The van der Waals surface area contributed by atoms with Gasteiger partial charge in [0.15, 0.2) is 5.58 Å². The topological polar surface area (TPSA) is 52.0 Å². The van der Waals surface area contributed by atoms with Gasteiger partial charge in [-0.3, -0.25) is 0 Å². The Kier molecular flexibility index (Phi) is 4.08. The summed E-state index contributed by atoms with van der Waals surface area (Å²) in [6.45, 7) is 4.44. The van der Waals surface area contributed by atoms with Crippen molar-refractivity contribution in [1.82, 2.24) is 4.98 Å². The first-order chi connectivity index (χ1) is 10.6. The van der Waals surface area contributed by atoms with Crippen LogP contribution in [-0.2, 0) is 0 Å². The van der Waals surface area contributed by atoms with Crippen molar-refractivity contribution in [1.29, 1.82) is 0 Å². The van der Waals surface area contributed by atoms with Gasteiger partial charge in [-0.1, -0.05) is 37.9 Å². The van der Waals surface area contributed by atoms with Gasteiger partial charge in [-0.2, -0.15) is 0 Å². The van der Waals surface area contributed by atoms with Crippen molar-refractivity contribution in [3.8, 4) is 11.5 Å². The summed E-state index contributed by atoms with van der Waals surface area (Å²) in [5.74, 6) is 1.10. The van der Waals surface area contributed by atoms with E-state index in [0.717, 1.165) is 16.7 Å². The first-order valence-corrected chi connectivity index (χ1v) is 7.92. The number of hydrogen-bond acceptors (Lipinski definition) is 3. The lowest BCUT2D eigenvalue weighted by Gasteiger charge is -2.09. The second kappa shape index (κ2) is 6.01. The van der Waals surface area contributed by atoms with Crippen LogP contribution in [0.2, 0.25) is 5.02 Å². The maximum absolute atomic E-state index is 5.96. The number of fused-ring (bicyclic) bond motifs is 1. The minimum atomic E-state index is 0.527. The Balaban J connectivity index is 2.00. The Hall–Kier alpha value is -2.00. The lowest BCUT2D eigenvalue weighted by atomic mass is 9.96. The number of benzene rings is 2. The summed E-state index contributed by atoms with van der Waals surface area (Å²) in [5, 5.41) is 0.538. The monoisotopic (exact) mass is 314 g/mol. The van der Waals surface area contributed by atoms with Crippen molar-refractivity contribution in [3.63, 3.8) is 0 Å². The highest BCUT2D eigenvalue weighted by Crippen LogP contribution is 2.30. The third-order valence-electron chi connectivity index (χ3n) is 3.95. The maximum atomic E-state index is 5.96. The molecule has 2 N–H and O–H groups in total. The average molecular weight is 315 g/mol. The van der Waals surface area contributed by atoms with Crippen LogP contribution >= 0.6 is 11.6 Å². The number of nitrogens with two attached hydrogens (primary N) is 1. The van der Waals surface area contributed by atoms with Crippen LogP contribution < -0.4 is 5.73 Å². The first-order valence-electron chi connectivity index (χ1n) is 7.54. The van der Waals surface area contributed by atoms with E-state index >= 15 is 0 Å². The highest BCUT2D eigenvalue weighted by molar-refractivity contribution is 6.33. The Bertz CT molecular complexity index is 810. The van der Waals surface area contributed by atoms with Crippen molar-refractivity contribution >= 4 is 28.4 Å². The molecule has 1 atom stereocenters. The minimum Gasteiger partial charge on any atom is -0.436 e. The minimum absolute atomic E-state index is 0.527. The van der Waals surface area contributed by atoms with E-state index in [9.17, 15) is 0 Å².